The van der Waals surface area contributed by atoms with Crippen LogP contribution in [0.1, 0.15) is 12.0 Å². The first-order valence-electron chi connectivity index (χ1n) is 9.26. The lowest BCUT2D eigenvalue weighted by Crippen LogP contribution is -2.26. The maximum Gasteiger partial charge on any atom is 0.120 e. The Kier molecular flexibility index (Phi) is 5.02. The molecule has 26 heavy (non-hydrogen) atoms. The largest absolute Gasteiger partial charge is 0.497 e. The Labute approximate surface area is 154 Å². The standard InChI is InChI=1S/C22H25N3O/c1-26-21-9-3-8-20(13-21)25-12-10-17(16-25)14-23-15-19-6-2-5-18-7-4-11-24-22(18)19/h2-9,11,13,17,23H,10,12,14-16H2,1H3. The maximum atomic E-state index is 5.35. The van der Waals surface area contributed by atoms with Gasteiger partial charge >= 0.3 is 0 Å². The van der Waals surface area contributed by atoms with E-state index in [0.29, 0.717) is 5.92 Å². The van der Waals surface area contributed by atoms with E-state index in [1.165, 1.54) is 23.1 Å². The Morgan fingerprint density at radius 3 is 2.96 bits per heavy atom. The van der Waals surface area contributed by atoms with Crippen LogP contribution in [0.4, 0.5) is 5.69 Å². The van der Waals surface area contributed by atoms with Gasteiger partial charge < -0.3 is 15.0 Å². The monoisotopic (exact) mass is 347 g/mol. The molecular weight excluding hydrogens is 322 g/mol. The molecule has 3 aromatic rings. The quantitative estimate of drug-likeness (QED) is 0.735. The van der Waals surface area contributed by atoms with Crippen LogP contribution >= 0.6 is 0 Å². The fourth-order valence-electron chi connectivity index (χ4n) is 3.76. The van der Waals surface area contributed by atoms with Crippen LogP contribution in [0.3, 0.4) is 0 Å². The number of para-hydroxylation sites is 1. The van der Waals surface area contributed by atoms with Crippen molar-refractivity contribution in [1.29, 1.82) is 0 Å². The highest BCUT2D eigenvalue weighted by atomic mass is 16.5. The minimum absolute atomic E-state index is 0.670. The summed E-state index contributed by atoms with van der Waals surface area (Å²) in [6.07, 6.45) is 3.09. The number of pyridine rings is 1. The number of anilines is 1. The molecule has 4 rings (SSSR count). The van der Waals surface area contributed by atoms with Gasteiger partial charge in [-0.2, -0.15) is 0 Å². The zero-order valence-electron chi connectivity index (χ0n) is 15.2. The van der Waals surface area contributed by atoms with Gasteiger partial charge in [0.2, 0.25) is 0 Å². The van der Waals surface area contributed by atoms with E-state index < -0.39 is 0 Å². The van der Waals surface area contributed by atoms with Crippen LogP contribution in [0.15, 0.2) is 60.8 Å². The van der Waals surface area contributed by atoms with Gasteiger partial charge in [-0.05, 0) is 36.1 Å². The van der Waals surface area contributed by atoms with Gasteiger partial charge in [0.15, 0.2) is 0 Å². The number of aromatic nitrogens is 1. The summed E-state index contributed by atoms with van der Waals surface area (Å²) in [5, 5.41) is 4.84. The van der Waals surface area contributed by atoms with E-state index in [1.54, 1.807) is 7.11 Å². The molecule has 0 amide bonds. The molecule has 0 radical (unpaired) electrons. The fourth-order valence-corrected chi connectivity index (χ4v) is 3.76. The molecule has 1 aliphatic rings. The highest BCUT2D eigenvalue weighted by molar-refractivity contribution is 5.81. The minimum atomic E-state index is 0.670. The van der Waals surface area contributed by atoms with Crippen LogP contribution in [0.25, 0.3) is 10.9 Å². The maximum absolute atomic E-state index is 5.35. The average Bonchev–Trinajstić information content (AvgIpc) is 3.17. The zero-order valence-corrected chi connectivity index (χ0v) is 15.2. The predicted molar refractivity (Wildman–Crippen MR) is 107 cm³/mol. The summed E-state index contributed by atoms with van der Waals surface area (Å²) in [5.74, 6) is 1.59. The van der Waals surface area contributed by atoms with Crippen molar-refractivity contribution in [3.63, 3.8) is 0 Å². The van der Waals surface area contributed by atoms with Crippen molar-refractivity contribution < 1.29 is 4.74 Å². The molecule has 1 fully saturated rings. The van der Waals surface area contributed by atoms with E-state index in [9.17, 15) is 0 Å². The van der Waals surface area contributed by atoms with Gasteiger partial charge in [0, 0.05) is 49.5 Å². The van der Waals surface area contributed by atoms with E-state index >= 15 is 0 Å². The summed E-state index contributed by atoms with van der Waals surface area (Å²) in [7, 11) is 1.72. The second kappa shape index (κ2) is 7.75. The number of hydrogen-bond donors (Lipinski definition) is 1. The zero-order chi connectivity index (χ0) is 17.8. The topological polar surface area (TPSA) is 37.4 Å². The Morgan fingerprint density at radius 1 is 1.15 bits per heavy atom. The van der Waals surface area contributed by atoms with E-state index in [4.69, 9.17) is 4.74 Å². The summed E-state index contributed by atoms with van der Waals surface area (Å²) < 4.78 is 5.35. The molecule has 0 bridgehead atoms. The van der Waals surface area contributed by atoms with Gasteiger partial charge in [0.25, 0.3) is 0 Å². The first-order chi connectivity index (χ1) is 12.8. The molecule has 2 aromatic carbocycles. The lowest BCUT2D eigenvalue weighted by molar-refractivity contribution is 0.415. The Bertz CT molecular complexity index is 875. The molecule has 1 aromatic heterocycles. The first kappa shape index (κ1) is 16.9. The van der Waals surface area contributed by atoms with Crippen LogP contribution < -0.4 is 15.0 Å². The third-order valence-corrected chi connectivity index (χ3v) is 5.17. The van der Waals surface area contributed by atoms with Gasteiger partial charge in [0.1, 0.15) is 5.75 Å². The van der Waals surface area contributed by atoms with Gasteiger partial charge in [-0.15, -0.1) is 0 Å². The molecule has 4 nitrogen and oxygen atoms in total. The van der Waals surface area contributed by atoms with Crippen LogP contribution in [0.2, 0.25) is 0 Å². The summed E-state index contributed by atoms with van der Waals surface area (Å²) >= 11 is 0. The van der Waals surface area contributed by atoms with Gasteiger partial charge in [-0.3, -0.25) is 4.98 Å². The number of fused-ring (bicyclic) bond motifs is 1. The Balaban J connectivity index is 1.33. The lowest BCUT2D eigenvalue weighted by atomic mass is 10.1. The van der Waals surface area contributed by atoms with Gasteiger partial charge in [0.05, 0.1) is 12.6 Å². The van der Waals surface area contributed by atoms with Crippen molar-refractivity contribution >= 4 is 16.6 Å². The smallest absolute Gasteiger partial charge is 0.120 e. The van der Waals surface area contributed by atoms with E-state index in [-0.39, 0.29) is 0 Å². The number of hydrogen-bond acceptors (Lipinski definition) is 4. The molecule has 0 spiro atoms. The molecule has 1 atom stereocenters. The van der Waals surface area contributed by atoms with Crippen LogP contribution in [0.5, 0.6) is 5.75 Å². The molecule has 1 N–H and O–H groups in total. The molecule has 0 aliphatic carbocycles. The summed E-state index contributed by atoms with van der Waals surface area (Å²) in [6, 6.07) is 18.9. The summed E-state index contributed by atoms with van der Waals surface area (Å²) in [6.45, 7) is 4.09. The fraction of sp³-hybridized carbons (Fsp3) is 0.318. The highest BCUT2D eigenvalue weighted by Gasteiger charge is 2.22. The highest BCUT2D eigenvalue weighted by Crippen LogP contribution is 2.26. The second-order valence-electron chi connectivity index (χ2n) is 6.93. The van der Waals surface area contributed by atoms with Crippen molar-refractivity contribution in [2.45, 2.75) is 13.0 Å². The molecule has 1 aliphatic heterocycles. The number of nitrogens with zero attached hydrogens (tertiary/aromatic N) is 2. The minimum Gasteiger partial charge on any atom is -0.497 e. The second-order valence-corrected chi connectivity index (χ2v) is 6.93. The van der Waals surface area contributed by atoms with Crippen LogP contribution in [-0.4, -0.2) is 31.7 Å². The Morgan fingerprint density at radius 2 is 2.04 bits per heavy atom. The number of nitrogens with one attached hydrogen (secondary N) is 1. The third-order valence-electron chi connectivity index (χ3n) is 5.17. The number of rotatable bonds is 6. The van der Waals surface area contributed by atoms with Crippen molar-refractivity contribution in [3.05, 3.63) is 66.4 Å². The summed E-state index contributed by atoms with van der Waals surface area (Å²) in [4.78, 5) is 6.99. The lowest BCUT2D eigenvalue weighted by Gasteiger charge is -2.19. The van der Waals surface area contributed by atoms with E-state index in [1.807, 2.05) is 18.3 Å². The van der Waals surface area contributed by atoms with Crippen molar-refractivity contribution in [1.82, 2.24) is 10.3 Å². The Hall–Kier alpha value is -2.59. The number of methoxy groups -OCH3 is 1. The van der Waals surface area contributed by atoms with E-state index in [0.717, 1.165) is 37.4 Å². The first-order valence-corrected chi connectivity index (χ1v) is 9.26. The molecule has 134 valence electrons. The number of benzene rings is 2. The van der Waals surface area contributed by atoms with Gasteiger partial charge in [-0.1, -0.05) is 30.3 Å². The molecule has 1 saturated heterocycles. The predicted octanol–water partition coefficient (Wildman–Crippen LogP) is 3.86. The third kappa shape index (κ3) is 3.65. The SMILES string of the molecule is COc1cccc(N2CCC(CNCc3cccc4cccnc34)C2)c1. The average molecular weight is 347 g/mol. The molecule has 2 heterocycles. The molecular formula is C22H25N3O. The molecule has 4 heteroatoms. The van der Waals surface area contributed by atoms with Crippen molar-refractivity contribution in [3.8, 4) is 5.75 Å². The number of ether oxygens (including phenoxy) is 1. The van der Waals surface area contributed by atoms with Crippen LogP contribution in [-0.2, 0) is 6.54 Å². The van der Waals surface area contributed by atoms with Crippen molar-refractivity contribution in [2.75, 3.05) is 31.6 Å². The van der Waals surface area contributed by atoms with E-state index in [2.05, 4.69) is 57.7 Å². The molecule has 1 unspecified atom stereocenters. The van der Waals surface area contributed by atoms with Crippen molar-refractivity contribution in [2.24, 2.45) is 5.92 Å². The van der Waals surface area contributed by atoms with Gasteiger partial charge in [-0.25, -0.2) is 0 Å². The molecule has 0 saturated carbocycles. The normalized spacial score (nSPS) is 17.0. The summed E-state index contributed by atoms with van der Waals surface area (Å²) in [5.41, 5.74) is 3.63. The van der Waals surface area contributed by atoms with Crippen LogP contribution in [0, 0.1) is 5.92 Å².